The largest absolute Gasteiger partial charge is 0.324 e. The predicted octanol–water partition coefficient (Wildman–Crippen LogP) is 2.17. The average Bonchev–Trinajstić information content (AvgIpc) is 2.82. The Morgan fingerprint density at radius 2 is 2.05 bits per heavy atom. The summed E-state index contributed by atoms with van der Waals surface area (Å²) >= 11 is 0. The maximum absolute atomic E-state index is 14.2. The molecule has 0 bridgehead atoms. The summed E-state index contributed by atoms with van der Waals surface area (Å²) < 4.78 is 29.6. The van der Waals surface area contributed by atoms with E-state index in [0.29, 0.717) is 5.82 Å². The molecule has 0 aliphatic rings. The fourth-order valence-electron chi connectivity index (χ4n) is 2.06. The molecule has 1 aromatic carbocycles. The Morgan fingerprint density at radius 1 is 1.38 bits per heavy atom. The van der Waals surface area contributed by atoms with Crippen LogP contribution in [0.4, 0.5) is 14.5 Å². The summed E-state index contributed by atoms with van der Waals surface area (Å²) in [5.41, 5.74) is 4.12. The van der Waals surface area contributed by atoms with Gasteiger partial charge in [-0.2, -0.15) is 4.39 Å². The first-order chi connectivity index (χ1) is 9.88. The van der Waals surface area contributed by atoms with E-state index in [-0.39, 0.29) is 18.4 Å². The maximum atomic E-state index is 14.2. The second-order valence-corrected chi connectivity index (χ2v) is 4.62. The summed E-state index contributed by atoms with van der Waals surface area (Å²) in [7, 11) is 0. The van der Waals surface area contributed by atoms with Crippen molar-refractivity contribution in [1.82, 2.24) is 14.8 Å². The molecule has 9 heteroatoms. The molecule has 2 rings (SSSR count). The van der Waals surface area contributed by atoms with Crippen LogP contribution in [0.25, 0.3) is 11.4 Å². The zero-order valence-electron chi connectivity index (χ0n) is 11.4. The van der Waals surface area contributed by atoms with E-state index in [9.17, 15) is 18.9 Å². The smallest absolute Gasteiger partial charge is 0.305 e. The first-order valence-electron chi connectivity index (χ1n) is 6.15. The van der Waals surface area contributed by atoms with Gasteiger partial charge in [-0.1, -0.05) is 0 Å². The lowest BCUT2D eigenvalue weighted by Crippen LogP contribution is -2.12. The quantitative estimate of drug-likeness (QED) is 0.688. The van der Waals surface area contributed by atoms with Crippen molar-refractivity contribution in [2.24, 2.45) is 5.73 Å². The van der Waals surface area contributed by atoms with E-state index in [1.54, 1.807) is 13.8 Å². The van der Waals surface area contributed by atoms with Gasteiger partial charge >= 0.3 is 5.69 Å². The Labute approximate surface area is 118 Å². The van der Waals surface area contributed by atoms with Crippen LogP contribution in [0, 0.1) is 21.7 Å². The van der Waals surface area contributed by atoms with Gasteiger partial charge in [0.05, 0.1) is 17.0 Å². The zero-order valence-corrected chi connectivity index (χ0v) is 11.4. The number of nitro benzene ring substituents is 1. The monoisotopic (exact) mass is 297 g/mol. The molecule has 0 atom stereocenters. The second-order valence-electron chi connectivity index (χ2n) is 4.62. The van der Waals surface area contributed by atoms with E-state index >= 15 is 0 Å². The molecule has 7 nitrogen and oxygen atoms in total. The van der Waals surface area contributed by atoms with Crippen LogP contribution in [-0.2, 0) is 6.54 Å². The molecule has 0 fully saturated rings. The van der Waals surface area contributed by atoms with Crippen LogP contribution in [0.15, 0.2) is 12.1 Å². The van der Waals surface area contributed by atoms with Crippen molar-refractivity contribution in [3.8, 4) is 11.4 Å². The van der Waals surface area contributed by atoms with Crippen molar-refractivity contribution in [2.45, 2.75) is 26.4 Å². The summed E-state index contributed by atoms with van der Waals surface area (Å²) in [6.07, 6.45) is 0. The molecular weight excluding hydrogens is 284 g/mol. The summed E-state index contributed by atoms with van der Waals surface area (Å²) in [4.78, 5) is 9.86. The van der Waals surface area contributed by atoms with Crippen LogP contribution in [0.2, 0.25) is 0 Å². The number of aromatic nitrogens is 3. The number of rotatable bonds is 4. The minimum Gasteiger partial charge on any atom is -0.324 e. The van der Waals surface area contributed by atoms with E-state index in [2.05, 4.69) is 10.2 Å². The minimum absolute atomic E-state index is 0.0311. The van der Waals surface area contributed by atoms with Gasteiger partial charge in [0.25, 0.3) is 0 Å². The highest BCUT2D eigenvalue weighted by atomic mass is 19.1. The van der Waals surface area contributed by atoms with Crippen LogP contribution >= 0.6 is 0 Å². The number of halogens is 2. The molecule has 21 heavy (non-hydrogen) atoms. The average molecular weight is 297 g/mol. The van der Waals surface area contributed by atoms with Crippen molar-refractivity contribution >= 4 is 5.69 Å². The van der Waals surface area contributed by atoms with Gasteiger partial charge < -0.3 is 10.3 Å². The maximum Gasteiger partial charge on any atom is 0.305 e. The van der Waals surface area contributed by atoms with Gasteiger partial charge in [0.2, 0.25) is 5.82 Å². The van der Waals surface area contributed by atoms with Gasteiger partial charge in [0.1, 0.15) is 11.6 Å². The Hall–Kier alpha value is -2.42. The molecular formula is C12H13F2N5O2. The highest BCUT2D eigenvalue weighted by molar-refractivity contribution is 5.62. The molecule has 0 unspecified atom stereocenters. The second kappa shape index (κ2) is 5.52. The summed E-state index contributed by atoms with van der Waals surface area (Å²) in [6.45, 7) is 3.56. The number of nitrogens with two attached hydrogens (primary N) is 1. The van der Waals surface area contributed by atoms with Gasteiger partial charge in [-0.3, -0.25) is 10.1 Å². The van der Waals surface area contributed by atoms with Crippen molar-refractivity contribution in [2.75, 3.05) is 0 Å². The van der Waals surface area contributed by atoms with Crippen molar-refractivity contribution in [3.05, 3.63) is 39.7 Å². The first kappa shape index (κ1) is 15.0. The summed E-state index contributed by atoms with van der Waals surface area (Å²) in [5, 5.41) is 18.3. The Morgan fingerprint density at radius 3 is 2.57 bits per heavy atom. The van der Waals surface area contributed by atoms with Crippen LogP contribution in [0.1, 0.15) is 25.7 Å². The van der Waals surface area contributed by atoms with Crippen molar-refractivity contribution < 1.29 is 13.7 Å². The Kier molecular flexibility index (Phi) is 3.94. The van der Waals surface area contributed by atoms with Crippen LogP contribution < -0.4 is 5.73 Å². The lowest BCUT2D eigenvalue weighted by Gasteiger charge is -2.14. The van der Waals surface area contributed by atoms with Crippen LogP contribution in [-0.4, -0.2) is 19.7 Å². The van der Waals surface area contributed by atoms with Gasteiger partial charge in [0.15, 0.2) is 5.82 Å². The van der Waals surface area contributed by atoms with Crippen LogP contribution in [0.5, 0.6) is 0 Å². The molecule has 1 aromatic heterocycles. The van der Waals surface area contributed by atoms with Gasteiger partial charge in [-0.15, -0.1) is 10.2 Å². The normalized spacial score (nSPS) is 11.1. The Bertz CT molecular complexity index is 699. The standard InChI is InChI=1S/C12H13F2N5O2/c1-6(2)18-9(5-15)16-17-12(18)10-7(13)3-4-8(11(10)14)19(20)21/h3-4,6H,5,15H2,1-2H3. The lowest BCUT2D eigenvalue weighted by molar-refractivity contribution is -0.387. The van der Waals surface area contributed by atoms with Crippen molar-refractivity contribution in [3.63, 3.8) is 0 Å². The molecule has 0 spiro atoms. The third-order valence-corrected chi connectivity index (χ3v) is 2.96. The fraction of sp³-hybridized carbons (Fsp3) is 0.333. The molecule has 0 aliphatic carbocycles. The van der Waals surface area contributed by atoms with E-state index in [1.165, 1.54) is 4.57 Å². The van der Waals surface area contributed by atoms with Gasteiger partial charge in [0, 0.05) is 12.1 Å². The van der Waals surface area contributed by atoms with Gasteiger partial charge in [-0.05, 0) is 19.9 Å². The predicted molar refractivity (Wildman–Crippen MR) is 70.3 cm³/mol. The van der Waals surface area contributed by atoms with E-state index < -0.39 is 27.8 Å². The highest BCUT2D eigenvalue weighted by Gasteiger charge is 2.27. The molecule has 0 amide bonds. The van der Waals surface area contributed by atoms with Gasteiger partial charge in [-0.25, -0.2) is 4.39 Å². The fourth-order valence-corrected chi connectivity index (χ4v) is 2.06. The summed E-state index contributed by atoms with van der Waals surface area (Å²) in [6, 6.07) is 1.39. The molecule has 2 N–H and O–H groups in total. The molecule has 0 saturated carbocycles. The minimum atomic E-state index is -1.28. The van der Waals surface area contributed by atoms with Crippen LogP contribution in [0.3, 0.4) is 0 Å². The molecule has 2 aromatic rings. The number of hydrogen-bond donors (Lipinski definition) is 1. The molecule has 0 aliphatic heterocycles. The number of nitrogens with zero attached hydrogens (tertiary/aromatic N) is 4. The van der Waals surface area contributed by atoms with E-state index in [0.717, 1.165) is 12.1 Å². The molecule has 0 radical (unpaired) electrons. The lowest BCUT2D eigenvalue weighted by atomic mass is 10.1. The first-order valence-corrected chi connectivity index (χ1v) is 6.15. The highest BCUT2D eigenvalue weighted by Crippen LogP contribution is 2.32. The Balaban J connectivity index is 2.76. The third kappa shape index (κ3) is 2.47. The summed E-state index contributed by atoms with van der Waals surface area (Å²) in [5.74, 6) is -2.01. The molecule has 112 valence electrons. The molecule has 0 saturated heterocycles. The molecule has 1 heterocycles. The van der Waals surface area contributed by atoms with E-state index in [1.807, 2.05) is 0 Å². The topological polar surface area (TPSA) is 99.9 Å². The number of nitro groups is 1. The third-order valence-electron chi connectivity index (χ3n) is 2.96. The zero-order chi connectivity index (χ0) is 15.7. The van der Waals surface area contributed by atoms with Crippen molar-refractivity contribution in [1.29, 1.82) is 0 Å². The number of hydrogen-bond acceptors (Lipinski definition) is 5. The number of benzene rings is 1. The SMILES string of the molecule is CC(C)n1c(CN)nnc1-c1c(F)ccc([N+](=O)[O-])c1F. The van der Waals surface area contributed by atoms with E-state index in [4.69, 9.17) is 5.73 Å².